The summed E-state index contributed by atoms with van der Waals surface area (Å²) in [6.07, 6.45) is 2.07. The molecule has 0 spiro atoms. The van der Waals surface area contributed by atoms with Gasteiger partial charge >= 0.3 is 5.97 Å². The molecule has 6 heteroatoms. The molecule has 1 aromatic heterocycles. The van der Waals surface area contributed by atoms with E-state index in [0.717, 1.165) is 45.5 Å². The molecule has 0 bridgehead atoms. The average molecular weight is 382 g/mol. The minimum Gasteiger partial charge on any atom is -0.468 e. The zero-order chi connectivity index (χ0) is 19.1. The van der Waals surface area contributed by atoms with Crippen LogP contribution in [0.3, 0.4) is 0 Å². The Morgan fingerprint density at radius 3 is 2.33 bits per heavy atom. The van der Waals surface area contributed by atoms with Crippen molar-refractivity contribution in [3.05, 3.63) is 48.5 Å². The molecular weight excluding hydrogens is 358 g/mol. The van der Waals surface area contributed by atoms with Crippen LogP contribution in [0, 0.1) is 0 Å². The van der Waals surface area contributed by atoms with Crippen LogP contribution in [-0.4, -0.2) is 35.5 Å². The molecule has 0 radical (unpaired) electrons. The molecule has 0 saturated heterocycles. The van der Waals surface area contributed by atoms with Crippen molar-refractivity contribution < 1.29 is 9.53 Å². The van der Waals surface area contributed by atoms with E-state index in [0.29, 0.717) is 6.54 Å². The van der Waals surface area contributed by atoms with E-state index >= 15 is 0 Å². The van der Waals surface area contributed by atoms with Crippen molar-refractivity contribution in [1.82, 2.24) is 4.98 Å². The number of rotatable bonds is 6. The Kier molecular flexibility index (Phi) is 6.65. The van der Waals surface area contributed by atoms with Crippen LogP contribution in [0.15, 0.2) is 53.5 Å². The number of aromatic nitrogens is 1. The number of carbonyl (C=O) groups is 1. The number of pyridine rings is 1. The lowest BCUT2D eigenvalue weighted by atomic mass is 10.1. The Hall–Kier alpha value is -2.60. The maximum atomic E-state index is 11.6. The molecule has 0 aliphatic heterocycles. The van der Waals surface area contributed by atoms with E-state index in [1.165, 1.54) is 18.9 Å². The Balaban J connectivity index is 2.01. The number of anilines is 1. The predicted molar refractivity (Wildman–Crippen MR) is 115 cm³/mol. The van der Waals surface area contributed by atoms with Gasteiger partial charge in [0.15, 0.2) is 5.17 Å². The molecule has 0 atom stereocenters. The number of ether oxygens (including phenoxy) is 1. The van der Waals surface area contributed by atoms with Crippen LogP contribution >= 0.6 is 11.8 Å². The van der Waals surface area contributed by atoms with Crippen LogP contribution in [-0.2, 0) is 9.53 Å². The van der Waals surface area contributed by atoms with Gasteiger partial charge in [0.05, 0.1) is 29.6 Å². The van der Waals surface area contributed by atoms with E-state index in [2.05, 4.69) is 17.2 Å². The number of aliphatic imine (C=N–C) groups is 1. The highest BCUT2D eigenvalue weighted by Crippen LogP contribution is 2.31. The van der Waals surface area contributed by atoms with Crippen LogP contribution in [0.5, 0.6) is 0 Å². The molecular formula is C21H23N3O2S. The largest absolute Gasteiger partial charge is 0.468 e. The second-order valence-electron chi connectivity index (χ2n) is 6.05. The van der Waals surface area contributed by atoms with E-state index in [4.69, 9.17) is 9.72 Å². The molecule has 5 nitrogen and oxygen atoms in total. The van der Waals surface area contributed by atoms with Crippen LogP contribution in [0.25, 0.3) is 21.8 Å². The second kappa shape index (κ2) is 9.37. The number of carbonyl (C=O) groups excluding carboxylic acids is 1. The van der Waals surface area contributed by atoms with Gasteiger partial charge in [0.1, 0.15) is 0 Å². The molecule has 0 unspecified atom stereocenters. The zero-order valence-electron chi connectivity index (χ0n) is 15.6. The predicted octanol–water partition coefficient (Wildman–Crippen LogP) is 4.86. The van der Waals surface area contributed by atoms with Gasteiger partial charge in [0.2, 0.25) is 0 Å². The Morgan fingerprint density at radius 2 is 1.74 bits per heavy atom. The zero-order valence-corrected chi connectivity index (χ0v) is 16.4. The van der Waals surface area contributed by atoms with E-state index in [1.54, 1.807) is 0 Å². The molecule has 3 aromatic rings. The van der Waals surface area contributed by atoms with Crippen molar-refractivity contribution >= 4 is 50.4 Å². The number of para-hydroxylation sites is 2. The molecule has 1 heterocycles. The number of benzene rings is 2. The fourth-order valence-electron chi connectivity index (χ4n) is 2.73. The van der Waals surface area contributed by atoms with Crippen LogP contribution in [0.4, 0.5) is 5.69 Å². The number of thioether (sulfide) groups is 1. The van der Waals surface area contributed by atoms with E-state index in [1.807, 2.05) is 48.5 Å². The highest BCUT2D eigenvalue weighted by molar-refractivity contribution is 8.14. The molecule has 140 valence electrons. The van der Waals surface area contributed by atoms with Crippen molar-refractivity contribution in [1.29, 1.82) is 0 Å². The molecule has 3 rings (SSSR count). The molecule has 0 saturated carbocycles. The average Bonchev–Trinajstić information content (AvgIpc) is 2.71. The van der Waals surface area contributed by atoms with Crippen molar-refractivity contribution in [3.63, 3.8) is 0 Å². The third-order valence-electron chi connectivity index (χ3n) is 4.14. The van der Waals surface area contributed by atoms with Crippen molar-refractivity contribution in [2.24, 2.45) is 4.99 Å². The third-order valence-corrected chi connectivity index (χ3v) is 5.03. The second-order valence-corrected chi connectivity index (χ2v) is 7.02. The summed E-state index contributed by atoms with van der Waals surface area (Å²) in [5, 5.41) is 6.24. The van der Waals surface area contributed by atoms with Gasteiger partial charge in [-0.2, -0.15) is 0 Å². The van der Waals surface area contributed by atoms with Crippen LogP contribution < -0.4 is 5.32 Å². The van der Waals surface area contributed by atoms with Crippen molar-refractivity contribution in [2.75, 3.05) is 24.7 Å². The van der Waals surface area contributed by atoms with Gasteiger partial charge in [-0.15, -0.1) is 0 Å². The highest BCUT2D eigenvalue weighted by atomic mass is 32.2. The van der Waals surface area contributed by atoms with E-state index in [-0.39, 0.29) is 11.7 Å². The SMILES string of the molecule is CCCCN=C(Nc1c2ccccc2nc2ccccc12)SCC(=O)OC. The molecule has 1 N–H and O–H groups in total. The Bertz CT molecular complexity index is 918. The Morgan fingerprint density at radius 1 is 1.11 bits per heavy atom. The summed E-state index contributed by atoms with van der Waals surface area (Å²) in [6, 6.07) is 16.1. The van der Waals surface area contributed by atoms with Gasteiger partial charge in [0, 0.05) is 17.3 Å². The number of unbranched alkanes of at least 4 members (excludes halogenated alkanes) is 1. The van der Waals surface area contributed by atoms with Gasteiger partial charge in [-0.05, 0) is 18.6 Å². The summed E-state index contributed by atoms with van der Waals surface area (Å²) in [7, 11) is 1.40. The molecule has 2 aromatic carbocycles. The minimum absolute atomic E-state index is 0.218. The van der Waals surface area contributed by atoms with Gasteiger partial charge < -0.3 is 10.1 Å². The lowest BCUT2D eigenvalue weighted by molar-refractivity contribution is -0.137. The summed E-state index contributed by atoms with van der Waals surface area (Å²) < 4.78 is 4.76. The maximum absolute atomic E-state index is 11.6. The summed E-state index contributed by atoms with van der Waals surface area (Å²) in [5.74, 6) is -0.0514. The van der Waals surface area contributed by atoms with E-state index in [9.17, 15) is 4.79 Å². The third kappa shape index (κ3) is 4.77. The number of esters is 1. The number of methoxy groups -OCH3 is 1. The summed E-state index contributed by atoms with van der Waals surface area (Å²) in [6.45, 7) is 2.85. The molecule has 0 amide bonds. The number of nitrogens with zero attached hydrogens (tertiary/aromatic N) is 2. The minimum atomic E-state index is -0.269. The summed E-state index contributed by atoms with van der Waals surface area (Å²) in [4.78, 5) is 21.0. The number of nitrogens with one attached hydrogen (secondary N) is 1. The number of hydrogen-bond acceptors (Lipinski definition) is 5. The standard InChI is InChI=1S/C21H23N3O2S/c1-3-4-13-22-21(27-14-19(25)26-2)24-20-15-9-5-7-11-17(15)23-18-12-8-6-10-16(18)20/h5-12H,3-4,13-14H2,1-2H3,(H,22,23,24). The van der Waals surface area contributed by atoms with E-state index < -0.39 is 0 Å². The van der Waals surface area contributed by atoms with Crippen molar-refractivity contribution in [2.45, 2.75) is 19.8 Å². The number of fused-ring (bicyclic) bond motifs is 2. The molecule has 0 aliphatic carbocycles. The monoisotopic (exact) mass is 381 g/mol. The molecule has 0 aliphatic rings. The lowest BCUT2D eigenvalue weighted by Gasteiger charge is -2.14. The molecule has 0 fully saturated rings. The quantitative estimate of drug-likeness (QED) is 0.217. The smallest absolute Gasteiger partial charge is 0.316 e. The highest BCUT2D eigenvalue weighted by Gasteiger charge is 2.12. The summed E-state index contributed by atoms with van der Waals surface area (Å²) in [5.41, 5.74) is 2.80. The molecule has 27 heavy (non-hydrogen) atoms. The van der Waals surface area contributed by atoms with Gasteiger partial charge in [-0.1, -0.05) is 61.5 Å². The number of amidine groups is 1. The topological polar surface area (TPSA) is 63.6 Å². The first kappa shape index (κ1) is 19.2. The summed E-state index contributed by atoms with van der Waals surface area (Å²) >= 11 is 1.36. The first-order valence-electron chi connectivity index (χ1n) is 9.01. The fraction of sp³-hybridized carbons (Fsp3) is 0.286. The first-order valence-corrected chi connectivity index (χ1v) is 10.00. The van der Waals surface area contributed by atoms with Gasteiger partial charge in [-0.25, -0.2) is 4.98 Å². The van der Waals surface area contributed by atoms with Crippen LogP contribution in [0.2, 0.25) is 0 Å². The fourth-order valence-corrected chi connectivity index (χ4v) is 3.46. The van der Waals surface area contributed by atoms with Crippen molar-refractivity contribution in [3.8, 4) is 0 Å². The maximum Gasteiger partial charge on any atom is 0.316 e. The van der Waals surface area contributed by atoms with Gasteiger partial charge in [-0.3, -0.25) is 9.79 Å². The normalized spacial score (nSPS) is 11.7. The Labute approximate surface area is 163 Å². The van der Waals surface area contributed by atoms with Gasteiger partial charge in [0.25, 0.3) is 0 Å². The number of hydrogen-bond donors (Lipinski definition) is 1. The lowest BCUT2D eigenvalue weighted by Crippen LogP contribution is -2.14. The van der Waals surface area contributed by atoms with Crippen LogP contribution in [0.1, 0.15) is 19.8 Å². The first-order chi connectivity index (χ1) is 13.2.